The molecule has 5 aromatic carbocycles. The van der Waals surface area contributed by atoms with Crippen molar-refractivity contribution in [3.8, 4) is 39.9 Å². The number of rotatable bonds is 12. The number of fused-ring (bicyclic) bond motifs is 8. The van der Waals surface area contributed by atoms with Crippen LogP contribution in [0.1, 0.15) is 74.4 Å². The lowest BCUT2D eigenvalue weighted by Gasteiger charge is -2.44. The summed E-state index contributed by atoms with van der Waals surface area (Å²) in [5.41, 5.74) is 13.7. The summed E-state index contributed by atoms with van der Waals surface area (Å²) in [6.07, 6.45) is 6.85. The van der Waals surface area contributed by atoms with Gasteiger partial charge < -0.3 is 44.6 Å². The van der Waals surface area contributed by atoms with E-state index in [9.17, 15) is 15.3 Å². The summed E-state index contributed by atoms with van der Waals surface area (Å²) in [6, 6.07) is 26.9. The van der Waals surface area contributed by atoms with Crippen molar-refractivity contribution in [2.45, 2.75) is 68.7 Å². The Balaban J connectivity index is 1.14. The number of likely N-dealkylation sites (N-methyl/N-ethyl adjacent to an activating group) is 1. The Morgan fingerprint density at radius 3 is 2.52 bits per heavy atom. The topological polar surface area (TPSA) is 137 Å². The number of aromatic nitrogens is 1. The van der Waals surface area contributed by atoms with Gasteiger partial charge in [-0.15, -0.1) is 0 Å². The second kappa shape index (κ2) is 16.2. The number of H-pyrrole nitrogens is 1. The average Bonchev–Trinajstić information content (AvgIpc) is 3.77. The predicted molar refractivity (Wildman–Crippen MR) is 237 cm³/mol. The van der Waals surface area contributed by atoms with E-state index in [2.05, 4.69) is 64.2 Å². The zero-order chi connectivity index (χ0) is 41.8. The minimum absolute atomic E-state index is 0.00310. The summed E-state index contributed by atoms with van der Waals surface area (Å²) in [4.78, 5) is 3.36. The van der Waals surface area contributed by atoms with E-state index in [-0.39, 0.29) is 42.1 Å². The third-order valence-corrected chi connectivity index (χ3v) is 13.4. The molecule has 0 saturated heterocycles. The molecule has 5 atom stereocenters. The van der Waals surface area contributed by atoms with Crippen molar-refractivity contribution in [3.05, 3.63) is 141 Å². The molecule has 0 saturated carbocycles. The van der Waals surface area contributed by atoms with Gasteiger partial charge in [0.2, 0.25) is 0 Å². The van der Waals surface area contributed by atoms with E-state index in [4.69, 9.17) is 18.9 Å². The lowest BCUT2D eigenvalue weighted by atomic mass is 9.63. The lowest BCUT2D eigenvalue weighted by molar-refractivity contribution is -0.0436. The molecule has 10 nitrogen and oxygen atoms in total. The molecule has 6 N–H and O–H groups in total. The van der Waals surface area contributed by atoms with Crippen molar-refractivity contribution >= 4 is 17.0 Å². The van der Waals surface area contributed by atoms with E-state index in [1.165, 1.54) is 16.7 Å². The van der Waals surface area contributed by atoms with Crippen molar-refractivity contribution in [1.82, 2.24) is 15.6 Å². The quantitative estimate of drug-likeness (QED) is 0.0679. The Morgan fingerprint density at radius 2 is 1.72 bits per heavy atom. The van der Waals surface area contributed by atoms with Crippen LogP contribution in [0.25, 0.3) is 28.1 Å². The number of aromatic hydroxyl groups is 2. The number of aliphatic hydroxyl groups excluding tert-OH is 1. The van der Waals surface area contributed by atoms with Crippen molar-refractivity contribution in [3.63, 3.8) is 0 Å². The number of benzene rings is 5. The highest BCUT2D eigenvalue weighted by Crippen LogP contribution is 2.60. The van der Waals surface area contributed by atoms with Crippen molar-refractivity contribution < 1.29 is 34.3 Å². The molecule has 2 aliphatic carbocycles. The zero-order valence-electron chi connectivity index (χ0n) is 34.9. The molecule has 314 valence electrons. The number of ether oxygens (including phenoxy) is 4. The molecule has 2 aliphatic heterocycles. The van der Waals surface area contributed by atoms with E-state index in [1.807, 2.05) is 56.7 Å². The predicted octanol–water partition coefficient (Wildman–Crippen LogP) is 8.00. The van der Waals surface area contributed by atoms with Gasteiger partial charge in [-0.2, -0.15) is 0 Å². The molecule has 61 heavy (non-hydrogen) atoms. The summed E-state index contributed by atoms with van der Waals surface area (Å²) in [6.45, 7) is 0.893. The van der Waals surface area contributed by atoms with Gasteiger partial charge >= 0.3 is 0 Å². The third-order valence-electron chi connectivity index (χ3n) is 13.4. The van der Waals surface area contributed by atoms with Crippen LogP contribution in [-0.2, 0) is 36.8 Å². The molecule has 0 radical (unpaired) electrons. The highest BCUT2D eigenvalue weighted by molar-refractivity contribution is 5.90. The number of phenolic OH excluding ortho intramolecular Hbond substituents is 2. The number of aliphatic hydroxyl groups is 1. The molecule has 10 heteroatoms. The van der Waals surface area contributed by atoms with Gasteiger partial charge in [-0.05, 0) is 144 Å². The van der Waals surface area contributed by atoms with Gasteiger partial charge in [-0.25, -0.2) is 0 Å². The van der Waals surface area contributed by atoms with Gasteiger partial charge in [0.15, 0.2) is 17.6 Å². The zero-order valence-corrected chi connectivity index (χ0v) is 34.9. The first-order valence-corrected chi connectivity index (χ1v) is 21.5. The number of hydrogen-bond acceptors (Lipinski definition) is 9. The number of phenols is 2. The van der Waals surface area contributed by atoms with Gasteiger partial charge in [0.1, 0.15) is 29.5 Å². The Kier molecular flexibility index (Phi) is 10.5. The van der Waals surface area contributed by atoms with E-state index in [0.717, 1.165) is 78.9 Å². The van der Waals surface area contributed by atoms with Crippen LogP contribution in [0.15, 0.2) is 90.6 Å². The maximum atomic E-state index is 11.6. The van der Waals surface area contributed by atoms with Crippen LogP contribution >= 0.6 is 0 Å². The normalized spacial score (nSPS) is 21.0. The molecule has 0 fully saturated rings. The average molecular weight is 820 g/mol. The summed E-state index contributed by atoms with van der Waals surface area (Å²) in [7, 11) is 5.43. The first kappa shape index (κ1) is 39.4. The summed E-state index contributed by atoms with van der Waals surface area (Å²) < 4.78 is 26.6. The number of nitrogens with one attached hydrogen (secondary N) is 3. The van der Waals surface area contributed by atoms with Gasteiger partial charge in [0.05, 0.1) is 20.4 Å². The number of aromatic amines is 1. The maximum Gasteiger partial charge on any atom is 0.161 e. The fraction of sp³-hybridized carbons (Fsp3) is 0.333. The fourth-order valence-electron chi connectivity index (χ4n) is 10.6. The summed E-state index contributed by atoms with van der Waals surface area (Å²) in [5, 5.41) is 41.2. The van der Waals surface area contributed by atoms with Gasteiger partial charge in [0.25, 0.3) is 0 Å². The first-order chi connectivity index (χ1) is 29.9. The van der Waals surface area contributed by atoms with Crippen LogP contribution in [0.5, 0.6) is 28.7 Å². The van der Waals surface area contributed by atoms with Crippen LogP contribution in [-0.4, -0.2) is 73.6 Å². The fourth-order valence-corrected chi connectivity index (χ4v) is 10.6. The molecular formula is C51H53N3O7. The molecule has 1 aromatic heterocycles. The Morgan fingerprint density at radius 1 is 0.852 bits per heavy atom. The van der Waals surface area contributed by atoms with E-state index < -0.39 is 6.10 Å². The van der Waals surface area contributed by atoms with Crippen LogP contribution in [0.3, 0.4) is 0 Å². The molecule has 6 aromatic rings. The molecule has 3 heterocycles. The molecule has 5 unspecified atom stereocenters. The highest BCUT2D eigenvalue weighted by atomic mass is 16.6. The van der Waals surface area contributed by atoms with Crippen molar-refractivity contribution in [1.29, 1.82) is 0 Å². The van der Waals surface area contributed by atoms with Gasteiger partial charge in [-0.3, -0.25) is 5.32 Å². The minimum atomic E-state index is -0.524. The van der Waals surface area contributed by atoms with Crippen LogP contribution in [0.4, 0.5) is 0 Å². The Labute approximate surface area is 356 Å². The number of methoxy groups -OCH3 is 1. The maximum absolute atomic E-state index is 11.6. The molecule has 0 bridgehead atoms. The monoisotopic (exact) mass is 819 g/mol. The first-order valence-electron chi connectivity index (χ1n) is 21.5. The largest absolute Gasteiger partial charge is 0.507 e. The summed E-state index contributed by atoms with van der Waals surface area (Å²) in [5.74, 6) is 2.38. The van der Waals surface area contributed by atoms with Crippen LogP contribution in [0, 0.1) is 0 Å². The minimum Gasteiger partial charge on any atom is -0.507 e. The second-order valence-electron chi connectivity index (χ2n) is 16.9. The van der Waals surface area contributed by atoms with E-state index in [0.29, 0.717) is 51.1 Å². The highest BCUT2D eigenvalue weighted by Gasteiger charge is 2.45. The van der Waals surface area contributed by atoms with Gasteiger partial charge in [-0.1, -0.05) is 42.5 Å². The molecule has 0 amide bonds. The van der Waals surface area contributed by atoms with Gasteiger partial charge in [0, 0.05) is 52.9 Å². The SMILES string of the molecule is CNCOC1Cc2c3c(c4c(c2OC1c1cc(CCc2ccccc2)c(O)c(OC)c1)CCC(CO)O4)-c1ccc(O)c2c1C(C3)C(c1ccc3[nH]ccc3c1)C(CNC)=C2. The van der Waals surface area contributed by atoms with Crippen LogP contribution < -0.4 is 24.8 Å². The van der Waals surface area contributed by atoms with Crippen molar-refractivity contribution in [2.24, 2.45) is 0 Å². The van der Waals surface area contributed by atoms with E-state index in [1.54, 1.807) is 7.11 Å². The number of aryl methyl sites for hydroxylation is 2. The Bertz CT molecular complexity index is 2650. The number of hydrogen-bond donors (Lipinski definition) is 6. The summed E-state index contributed by atoms with van der Waals surface area (Å²) >= 11 is 0. The van der Waals surface area contributed by atoms with E-state index >= 15 is 0 Å². The lowest BCUT2D eigenvalue weighted by Crippen LogP contribution is -2.38. The molecule has 10 rings (SSSR count). The molecule has 4 aliphatic rings. The third kappa shape index (κ3) is 6.82. The van der Waals surface area contributed by atoms with Crippen molar-refractivity contribution in [2.75, 3.05) is 41.1 Å². The van der Waals surface area contributed by atoms with Crippen LogP contribution in [0.2, 0.25) is 0 Å². The standard InChI is InChI=1S/C51H53N3O7/c1-52-25-33-21-39-42(56)16-14-35-46(39)40(45(33)30-11-15-41-29(19-30)17-18-54-41)23-37-38-24-44(59-27-53-2)49(61-50(38)36-13-12-34(26-55)60-51(36)47(35)37)32-20-31(48(57)43(22-32)58-3)10-9-28-7-5-4-6-8-28/h4-8,11,14-22,34,40,44-45,49,52-57H,9-10,12-13,23-27H2,1-3H3. The Hall–Kier alpha value is -5.78. The molecular weight excluding hydrogens is 767 g/mol. The molecule has 0 spiro atoms. The smallest absolute Gasteiger partial charge is 0.161 e. The second-order valence-corrected chi connectivity index (χ2v) is 16.9.